The zero-order valence-corrected chi connectivity index (χ0v) is 7.71. The highest BCUT2D eigenvalue weighted by Gasteiger charge is 2.25. The molecule has 1 unspecified atom stereocenters. The van der Waals surface area contributed by atoms with Gasteiger partial charge in [0, 0.05) is 6.54 Å². The summed E-state index contributed by atoms with van der Waals surface area (Å²) in [6, 6.07) is 0. The van der Waals surface area contributed by atoms with E-state index in [0.717, 1.165) is 6.42 Å². The second-order valence-corrected chi connectivity index (χ2v) is 3.85. The molecule has 0 saturated carbocycles. The lowest BCUT2D eigenvalue weighted by atomic mass is 10.2. The van der Waals surface area contributed by atoms with Gasteiger partial charge < -0.3 is 5.32 Å². The topological polar surface area (TPSA) is 92.7 Å². The highest BCUT2D eigenvalue weighted by atomic mass is 32.3. The van der Waals surface area contributed by atoms with E-state index in [-0.39, 0.29) is 0 Å². The third-order valence-corrected chi connectivity index (χ3v) is 2.20. The van der Waals surface area contributed by atoms with Gasteiger partial charge in [-0.2, -0.15) is 8.42 Å². The normalized spacial score (nSPS) is 25.0. The van der Waals surface area contributed by atoms with Gasteiger partial charge in [0.05, 0.1) is 0 Å². The van der Waals surface area contributed by atoms with E-state index in [1.807, 2.05) is 0 Å². The highest BCUT2D eigenvalue weighted by Crippen LogP contribution is 2.10. The molecule has 2 N–H and O–H groups in total. The zero-order valence-electron chi connectivity index (χ0n) is 6.89. The minimum Gasteiger partial charge on any atom is -0.354 e. The van der Waals surface area contributed by atoms with Gasteiger partial charge in [-0.15, -0.1) is 0 Å². The van der Waals surface area contributed by atoms with Gasteiger partial charge in [-0.05, 0) is 19.3 Å². The number of hydrogen-bond acceptors (Lipinski definition) is 4. The largest absolute Gasteiger partial charge is 0.398 e. The zero-order chi connectivity index (χ0) is 9.90. The molecule has 1 atom stereocenters. The van der Waals surface area contributed by atoms with E-state index in [2.05, 4.69) is 9.50 Å². The van der Waals surface area contributed by atoms with Gasteiger partial charge in [0.15, 0.2) is 6.10 Å². The minimum absolute atomic E-state index is 0.311. The molecule has 1 aliphatic heterocycles. The molecule has 1 amide bonds. The van der Waals surface area contributed by atoms with Crippen molar-refractivity contribution in [1.82, 2.24) is 5.32 Å². The van der Waals surface area contributed by atoms with E-state index in [1.54, 1.807) is 0 Å². The van der Waals surface area contributed by atoms with E-state index >= 15 is 0 Å². The maximum Gasteiger partial charge on any atom is 0.398 e. The first-order valence-corrected chi connectivity index (χ1v) is 5.29. The third kappa shape index (κ3) is 3.71. The second-order valence-electron chi connectivity index (χ2n) is 2.80. The fourth-order valence-electron chi connectivity index (χ4n) is 1.15. The Kier molecular flexibility index (Phi) is 3.23. The lowest BCUT2D eigenvalue weighted by Gasteiger charge is -2.10. The van der Waals surface area contributed by atoms with E-state index in [9.17, 15) is 13.2 Å². The first-order valence-electron chi connectivity index (χ1n) is 3.92. The van der Waals surface area contributed by atoms with Gasteiger partial charge >= 0.3 is 10.4 Å². The Balaban J connectivity index is 2.60. The number of rotatable bonds is 2. The second kappa shape index (κ2) is 4.03. The van der Waals surface area contributed by atoms with Gasteiger partial charge in [-0.3, -0.25) is 9.35 Å². The molecular weight excluding hydrogens is 198 g/mol. The van der Waals surface area contributed by atoms with Crippen molar-refractivity contribution in [3.63, 3.8) is 0 Å². The van der Waals surface area contributed by atoms with Crippen molar-refractivity contribution in [2.45, 2.75) is 25.4 Å². The smallest absolute Gasteiger partial charge is 0.354 e. The average molecular weight is 209 g/mol. The van der Waals surface area contributed by atoms with Crippen molar-refractivity contribution in [3.8, 4) is 0 Å². The Hall–Kier alpha value is -0.660. The molecule has 1 fully saturated rings. The van der Waals surface area contributed by atoms with Crippen molar-refractivity contribution in [2.24, 2.45) is 0 Å². The standard InChI is InChI=1S/C6H11NO5S/c8-6-5(12-13(9,10)11)3-1-2-4-7-6/h5H,1-4H2,(H,7,8)(H,9,10,11). The Bertz CT molecular complexity index is 285. The molecule has 0 aromatic heterocycles. The molecule has 6 nitrogen and oxygen atoms in total. The Morgan fingerprint density at radius 1 is 1.46 bits per heavy atom. The SMILES string of the molecule is O=C1NCCCCC1OS(=O)(=O)O. The van der Waals surface area contributed by atoms with Crippen LogP contribution in [0.5, 0.6) is 0 Å². The van der Waals surface area contributed by atoms with E-state index in [4.69, 9.17) is 4.55 Å². The van der Waals surface area contributed by atoms with E-state index in [0.29, 0.717) is 19.4 Å². The fourth-order valence-corrected chi connectivity index (χ4v) is 1.63. The maximum absolute atomic E-state index is 11.1. The number of hydrogen-bond donors (Lipinski definition) is 2. The molecule has 0 radical (unpaired) electrons. The van der Waals surface area contributed by atoms with Gasteiger partial charge in [0.2, 0.25) is 0 Å². The Morgan fingerprint density at radius 2 is 2.15 bits per heavy atom. The quantitative estimate of drug-likeness (QED) is 0.596. The molecular formula is C6H11NO5S. The average Bonchev–Trinajstić information content (AvgIpc) is 2.14. The summed E-state index contributed by atoms with van der Waals surface area (Å²) in [5.41, 5.74) is 0. The molecule has 76 valence electrons. The molecule has 0 spiro atoms. The van der Waals surface area contributed by atoms with Crippen LogP contribution in [0.1, 0.15) is 19.3 Å². The summed E-state index contributed by atoms with van der Waals surface area (Å²) in [4.78, 5) is 11.1. The van der Waals surface area contributed by atoms with Crippen LogP contribution in [-0.2, 0) is 19.4 Å². The molecule has 7 heteroatoms. The monoisotopic (exact) mass is 209 g/mol. The molecule has 1 rings (SSSR count). The lowest BCUT2D eigenvalue weighted by Crippen LogP contribution is -2.35. The van der Waals surface area contributed by atoms with Crippen molar-refractivity contribution in [3.05, 3.63) is 0 Å². The predicted octanol–water partition coefficient (Wildman–Crippen LogP) is -0.525. The van der Waals surface area contributed by atoms with Gasteiger partial charge in [0.1, 0.15) is 0 Å². The van der Waals surface area contributed by atoms with Crippen LogP contribution in [0.2, 0.25) is 0 Å². The van der Waals surface area contributed by atoms with Crippen molar-refractivity contribution in [2.75, 3.05) is 6.54 Å². The van der Waals surface area contributed by atoms with Crippen LogP contribution < -0.4 is 5.32 Å². The Morgan fingerprint density at radius 3 is 2.77 bits per heavy atom. The number of nitrogens with one attached hydrogen (secondary N) is 1. The first-order chi connectivity index (χ1) is 5.99. The van der Waals surface area contributed by atoms with Crippen LogP contribution in [-0.4, -0.2) is 31.5 Å². The van der Waals surface area contributed by atoms with E-state index in [1.165, 1.54) is 0 Å². The van der Waals surface area contributed by atoms with Crippen LogP contribution in [0.3, 0.4) is 0 Å². The summed E-state index contributed by atoms with van der Waals surface area (Å²) >= 11 is 0. The Labute approximate surface area is 76.2 Å². The van der Waals surface area contributed by atoms with Gasteiger partial charge in [-0.1, -0.05) is 0 Å². The number of carbonyl (C=O) groups is 1. The van der Waals surface area contributed by atoms with Crippen molar-refractivity contribution in [1.29, 1.82) is 0 Å². The highest BCUT2D eigenvalue weighted by molar-refractivity contribution is 7.80. The van der Waals surface area contributed by atoms with Gasteiger partial charge in [0.25, 0.3) is 5.91 Å². The van der Waals surface area contributed by atoms with Crippen molar-refractivity contribution < 1.29 is 21.9 Å². The summed E-state index contributed by atoms with van der Waals surface area (Å²) in [6.07, 6.45) is 0.708. The number of carbonyl (C=O) groups excluding carboxylic acids is 1. The molecule has 13 heavy (non-hydrogen) atoms. The fraction of sp³-hybridized carbons (Fsp3) is 0.833. The van der Waals surface area contributed by atoms with E-state index < -0.39 is 22.4 Å². The molecule has 0 bridgehead atoms. The van der Waals surface area contributed by atoms with Crippen LogP contribution in [0.15, 0.2) is 0 Å². The van der Waals surface area contributed by atoms with Crippen LogP contribution in [0, 0.1) is 0 Å². The summed E-state index contributed by atoms with van der Waals surface area (Å²) in [7, 11) is -4.53. The molecule has 0 aromatic rings. The van der Waals surface area contributed by atoms with Crippen LogP contribution >= 0.6 is 0 Å². The van der Waals surface area contributed by atoms with Crippen molar-refractivity contribution >= 4 is 16.3 Å². The summed E-state index contributed by atoms with van der Waals surface area (Å²) < 4.78 is 33.2. The molecule has 0 aromatic carbocycles. The van der Waals surface area contributed by atoms with Gasteiger partial charge in [-0.25, -0.2) is 4.18 Å². The molecule has 0 aliphatic carbocycles. The van der Waals surface area contributed by atoms with Crippen LogP contribution in [0.25, 0.3) is 0 Å². The summed E-state index contributed by atoms with van der Waals surface area (Å²) in [6.45, 7) is 0.518. The molecule has 1 heterocycles. The molecule has 1 saturated heterocycles. The minimum atomic E-state index is -4.53. The predicted molar refractivity (Wildman–Crippen MR) is 43.3 cm³/mol. The lowest BCUT2D eigenvalue weighted by molar-refractivity contribution is -0.127. The first kappa shape index (κ1) is 10.4. The molecule has 1 aliphatic rings. The maximum atomic E-state index is 11.1. The summed E-state index contributed by atoms with van der Waals surface area (Å²) in [5.74, 6) is -0.491. The summed E-state index contributed by atoms with van der Waals surface area (Å²) in [5, 5.41) is 2.48. The third-order valence-electron chi connectivity index (χ3n) is 1.72. The number of amides is 1. The van der Waals surface area contributed by atoms with Crippen LogP contribution in [0.4, 0.5) is 0 Å².